The van der Waals surface area contributed by atoms with Gasteiger partial charge < -0.3 is 15.2 Å². The lowest BCUT2D eigenvalue weighted by atomic mass is 10.2. The lowest BCUT2D eigenvalue weighted by Crippen LogP contribution is -2.34. The minimum atomic E-state index is -1.07. The molecule has 0 spiro atoms. The summed E-state index contributed by atoms with van der Waals surface area (Å²) in [5.74, 6) is -0.715. The standard InChI is InChI=1S/C10H10Cl2N2O5/c1-19-10(16)8(4-15)13-9-6(11)2-5(14(17)18)3-7(9)12/h2-3,8,13,15H,4H2,1H3. The lowest BCUT2D eigenvalue weighted by molar-refractivity contribution is -0.384. The molecule has 0 aliphatic rings. The van der Waals surface area contributed by atoms with E-state index in [0.29, 0.717) is 0 Å². The average Bonchev–Trinajstić information content (AvgIpc) is 2.37. The third kappa shape index (κ3) is 3.69. The van der Waals surface area contributed by atoms with Crippen molar-refractivity contribution in [3.05, 3.63) is 32.3 Å². The summed E-state index contributed by atoms with van der Waals surface area (Å²) in [5, 5.41) is 22.1. The van der Waals surface area contributed by atoms with E-state index >= 15 is 0 Å². The van der Waals surface area contributed by atoms with Gasteiger partial charge in [0.1, 0.15) is 6.04 Å². The van der Waals surface area contributed by atoms with Crippen molar-refractivity contribution in [2.45, 2.75) is 6.04 Å². The molecule has 0 bridgehead atoms. The summed E-state index contributed by atoms with van der Waals surface area (Å²) >= 11 is 11.7. The maximum absolute atomic E-state index is 11.3. The van der Waals surface area contributed by atoms with Gasteiger partial charge in [-0.1, -0.05) is 23.2 Å². The quantitative estimate of drug-likeness (QED) is 0.489. The molecule has 19 heavy (non-hydrogen) atoms. The molecule has 1 aromatic rings. The molecule has 0 saturated carbocycles. The molecule has 0 aliphatic carbocycles. The van der Waals surface area contributed by atoms with E-state index in [1.807, 2.05) is 0 Å². The molecule has 1 atom stereocenters. The van der Waals surface area contributed by atoms with Crippen molar-refractivity contribution in [1.29, 1.82) is 0 Å². The SMILES string of the molecule is COC(=O)C(CO)Nc1c(Cl)cc([N+](=O)[O-])cc1Cl. The van der Waals surface area contributed by atoms with Crippen LogP contribution in [0.1, 0.15) is 0 Å². The number of benzene rings is 1. The molecule has 0 aromatic heterocycles. The summed E-state index contributed by atoms with van der Waals surface area (Å²) in [7, 11) is 1.16. The van der Waals surface area contributed by atoms with E-state index in [2.05, 4.69) is 10.1 Å². The number of non-ortho nitro benzene ring substituents is 1. The van der Waals surface area contributed by atoms with E-state index in [-0.39, 0.29) is 21.4 Å². The van der Waals surface area contributed by atoms with E-state index in [4.69, 9.17) is 28.3 Å². The number of aliphatic hydroxyl groups excluding tert-OH is 1. The van der Waals surface area contributed by atoms with Gasteiger partial charge in [-0.25, -0.2) is 4.79 Å². The number of nitro groups is 1. The molecule has 0 amide bonds. The number of anilines is 1. The maximum Gasteiger partial charge on any atom is 0.330 e. The number of aliphatic hydroxyl groups is 1. The van der Waals surface area contributed by atoms with Crippen LogP contribution < -0.4 is 5.32 Å². The largest absolute Gasteiger partial charge is 0.467 e. The fraction of sp³-hybridized carbons (Fsp3) is 0.300. The van der Waals surface area contributed by atoms with Crippen LogP contribution in [0.15, 0.2) is 12.1 Å². The molecule has 0 saturated heterocycles. The Bertz CT molecular complexity index is 486. The second-order valence-corrected chi connectivity index (χ2v) is 4.26. The zero-order valence-electron chi connectivity index (χ0n) is 9.72. The van der Waals surface area contributed by atoms with Crippen LogP contribution in [0.2, 0.25) is 10.0 Å². The van der Waals surface area contributed by atoms with Crippen LogP contribution in [-0.4, -0.2) is 35.8 Å². The summed E-state index contributed by atoms with van der Waals surface area (Å²) in [4.78, 5) is 21.3. The Morgan fingerprint density at radius 3 is 2.42 bits per heavy atom. The van der Waals surface area contributed by atoms with Gasteiger partial charge in [-0.2, -0.15) is 0 Å². The second-order valence-electron chi connectivity index (χ2n) is 3.44. The summed E-state index contributed by atoms with van der Waals surface area (Å²) in [6.07, 6.45) is 0. The van der Waals surface area contributed by atoms with Gasteiger partial charge >= 0.3 is 5.97 Å². The summed E-state index contributed by atoms with van der Waals surface area (Å²) in [6.45, 7) is -0.545. The van der Waals surface area contributed by atoms with Crippen molar-refractivity contribution in [1.82, 2.24) is 0 Å². The average molecular weight is 309 g/mol. The van der Waals surface area contributed by atoms with Crippen LogP contribution in [0, 0.1) is 10.1 Å². The minimum absolute atomic E-state index is 0.0402. The Morgan fingerprint density at radius 2 is 2.05 bits per heavy atom. The Morgan fingerprint density at radius 1 is 1.53 bits per heavy atom. The minimum Gasteiger partial charge on any atom is -0.467 e. The third-order valence-corrected chi connectivity index (χ3v) is 2.82. The van der Waals surface area contributed by atoms with Crippen molar-refractivity contribution < 1.29 is 19.6 Å². The normalized spacial score (nSPS) is 11.8. The van der Waals surface area contributed by atoms with Crippen LogP contribution >= 0.6 is 23.2 Å². The molecule has 0 aliphatic heterocycles. The molecule has 1 unspecified atom stereocenters. The van der Waals surface area contributed by atoms with Crippen LogP contribution in [-0.2, 0) is 9.53 Å². The van der Waals surface area contributed by atoms with Crippen LogP contribution in [0.25, 0.3) is 0 Å². The molecule has 1 rings (SSSR count). The summed E-state index contributed by atoms with van der Waals surface area (Å²) in [5.41, 5.74) is -0.169. The number of hydrogen-bond donors (Lipinski definition) is 2. The third-order valence-electron chi connectivity index (χ3n) is 2.22. The number of esters is 1. The topological polar surface area (TPSA) is 102 Å². The fourth-order valence-electron chi connectivity index (χ4n) is 1.30. The molecular weight excluding hydrogens is 299 g/mol. The summed E-state index contributed by atoms with van der Waals surface area (Å²) < 4.78 is 4.46. The van der Waals surface area contributed by atoms with Gasteiger partial charge in [-0.05, 0) is 0 Å². The number of halogens is 2. The Balaban J connectivity index is 3.08. The van der Waals surface area contributed by atoms with Crippen molar-refractivity contribution in [3.8, 4) is 0 Å². The Hall–Kier alpha value is -1.57. The molecule has 0 radical (unpaired) electrons. The van der Waals surface area contributed by atoms with Crippen LogP contribution in [0.4, 0.5) is 11.4 Å². The second kappa shape index (κ2) is 6.55. The van der Waals surface area contributed by atoms with Gasteiger partial charge in [-0.3, -0.25) is 10.1 Å². The predicted octanol–water partition coefficient (Wildman–Crippen LogP) is 1.85. The van der Waals surface area contributed by atoms with Crippen molar-refractivity contribution in [3.63, 3.8) is 0 Å². The smallest absolute Gasteiger partial charge is 0.330 e. The Labute approximate surface area is 118 Å². The zero-order chi connectivity index (χ0) is 14.6. The van der Waals surface area contributed by atoms with Crippen molar-refractivity contribution in [2.75, 3.05) is 19.0 Å². The van der Waals surface area contributed by atoms with Crippen LogP contribution in [0.3, 0.4) is 0 Å². The highest BCUT2D eigenvalue weighted by molar-refractivity contribution is 6.39. The highest BCUT2D eigenvalue weighted by Gasteiger charge is 2.22. The first-order valence-corrected chi connectivity index (χ1v) is 5.75. The number of carbonyl (C=O) groups is 1. The first-order chi connectivity index (χ1) is 8.90. The van der Waals surface area contributed by atoms with E-state index in [0.717, 1.165) is 19.2 Å². The molecule has 1 aromatic carbocycles. The molecule has 2 N–H and O–H groups in total. The van der Waals surface area contributed by atoms with E-state index in [9.17, 15) is 14.9 Å². The molecule has 0 heterocycles. The van der Waals surface area contributed by atoms with E-state index < -0.39 is 23.5 Å². The maximum atomic E-state index is 11.3. The highest BCUT2D eigenvalue weighted by atomic mass is 35.5. The molecule has 104 valence electrons. The highest BCUT2D eigenvalue weighted by Crippen LogP contribution is 2.35. The number of nitrogens with one attached hydrogen (secondary N) is 1. The number of rotatable bonds is 5. The zero-order valence-corrected chi connectivity index (χ0v) is 11.2. The first-order valence-electron chi connectivity index (χ1n) is 4.99. The first kappa shape index (κ1) is 15.5. The van der Waals surface area contributed by atoms with Gasteiger partial charge in [0.25, 0.3) is 5.69 Å². The van der Waals surface area contributed by atoms with Crippen molar-refractivity contribution in [2.24, 2.45) is 0 Å². The number of ether oxygens (including phenoxy) is 1. The van der Waals surface area contributed by atoms with Gasteiger partial charge in [0, 0.05) is 12.1 Å². The number of hydrogen-bond acceptors (Lipinski definition) is 6. The molecular formula is C10H10Cl2N2O5. The molecule has 9 heteroatoms. The van der Waals surface area contributed by atoms with Crippen molar-refractivity contribution >= 4 is 40.5 Å². The predicted molar refractivity (Wildman–Crippen MR) is 69.6 cm³/mol. The number of methoxy groups -OCH3 is 1. The van der Waals surface area contributed by atoms with E-state index in [1.165, 1.54) is 0 Å². The van der Waals surface area contributed by atoms with Gasteiger partial charge in [0.15, 0.2) is 0 Å². The van der Waals surface area contributed by atoms with Gasteiger partial charge in [0.2, 0.25) is 0 Å². The van der Waals surface area contributed by atoms with Gasteiger partial charge in [0.05, 0.1) is 34.4 Å². The van der Waals surface area contributed by atoms with Crippen LogP contribution in [0.5, 0.6) is 0 Å². The lowest BCUT2D eigenvalue weighted by Gasteiger charge is -2.17. The molecule has 0 fully saturated rings. The Kier molecular flexibility index (Phi) is 5.34. The van der Waals surface area contributed by atoms with Gasteiger partial charge in [-0.15, -0.1) is 0 Å². The monoisotopic (exact) mass is 308 g/mol. The number of carbonyl (C=O) groups excluding carboxylic acids is 1. The van der Waals surface area contributed by atoms with E-state index in [1.54, 1.807) is 0 Å². The summed E-state index contributed by atoms with van der Waals surface area (Å²) in [6, 6.07) is 1.10. The number of nitrogens with zero attached hydrogens (tertiary/aromatic N) is 1. The fourth-order valence-corrected chi connectivity index (χ4v) is 1.88. The molecule has 7 nitrogen and oxygen atoms in total. The number of nitro benzene ring substituents is 1.